The second-order valence-electron chi connectivity index (χ2n) is 7.01. The summed E-state index contributed by atoms with van der Waals surface area (Å²) < 4.78 is 1.75. The molecule has 1 aliphatic heterocycles. The number of likely N-dealkylation sites (tertiary alicyclic amines) is 1. The highest BCUT2D eigenvalue weighted by Crippen LogP contribution is 2.19. The summed E-state index contributed by atoms with van der Waals surface area (Å²) in [5, 5.41) is 4.23. The van der Waals surface area contributed by atoms with E-state index in [0.29, 0.717) is 30.3 Å². The number of nitrogens with zero attached hydrogens (tertiary/aromatic N) is 6. The van der Waals surface area contributed by atoms with E-state index in [9.17, 15) is 4.79 Å². The average molecular weight is 377 g/mol. The van der Waals surface area contributed by atoms with E-state index in [1.165, 1.54) is 0 Å². The minimum absolute atomic E-state index is 0.0464. The van der Waals surface area contributed by atoms with Gasteiger partial charge in [0.25, 0.3) is 5.91 Å². The minimum atomic E-state index is 0.0464. The maximum atomic E-state index is 13.0. The van der Waals surface area contributed by atoms with E-state index in [2.05, 4.69) is 20.0 Å². The van der Waals surface area contributed by atoms with Crippen molar-refractivity contribution in [2.45, 2.75) is 19.0 Å². The second-order valence-corrected chi connectivity index (χ2v) is 7.01. The number of hydrogen-bond acceptors (Lipinski definition) is 6. The zero-order valence-electron chi connectivity index (χ0n) is 15.8. The summed E-state index contributed by atoms with van der Waals surface area (Å²) in [7, 11) is 2.03. The monoisotopic (exact) mass is 377 g/mol. The highest BCUT2D eigenvalue weighted by molar-refractivity contribution is 5.95. The first-order valence-corrected chi connectivity index (χ1v) is 9.27. The molecule has 2 aromatic heterocycles. The Labute approximate surface area is 163 Å². The van der Waals surface area contributed by atoms with E-state index in [0.717, 1.165) is 18.7 Å². The van der Waals surface area contributed by atoms with Crippen LogP contribution in [0.4, 0.5) is 5.82 Å². The van der Waals surface area contributed by atoms with Crippen LogP contribution in [0.25, 0.3) is 5.69 Å². The van der Waals surface area contributed by atoms with Gasteiger partial charge in [-0.2, -0.15) is 5.10 Å². The molecule has 8 nitrogen and oxygen atoms in total. The number of amides is 1. The van der Waals surface area contributed by atoms with Crippen LogP contribution in [0.15, 0.2) is 55.0 Å². The van der Waals surface area contributed by atoms with Gasteiger partial charge in [0, 0.05) is 43.3 Å². The number of aromatic nitrogens is 4. The fourth-order valence-electron chi connectivity index (χ4n) is 3.51. The zero-order valence-corrected chi connectivity index (χ0v) is 15.8. The number of rotatable bonds is 5. The van der Waals surface area contributed by atoms with Crippen molar-refractivity contribution in [2.24, 2.45) is 0 Å². The molecule has 1 amide bonds. The normalized spacial score (nSPS) is 16.6. The first kappa shape index (κ1) is 18.1. The van der Waals surface area contributed by atoms with Gasteiger partial charge in [-0.3, -0.25) is 9.69 Å². The van der Waals surface area contributed by atoms with Crippen LogP contribution in [0.1, 0.15) is 22.6 Å². The molecule has 8 heteroatoms. The van der Waals surface area contributed by atoms with Crippen LogP contribution in [0.5, 0.6) is 0 Å². The molecule has 1 aliphatic rings. The van der Waals surface area contributed by atoms with Crippen molar-refractivity contribution in [1.29, 1.82) is 0 Å². The molecule has 2 N–H and O–H groups in total. The molecule has 28 heavy (non-hydrogen) atoms. The molecular weight excluding hydrogens is 354 g/mol. The quantitative estimate of drug-likeness (QED) is 0.726. The molecule has 3 heterocycles. The Morgan fingerprint density at radius 1 is 1.29 bits per heavy atom. The molecule has 0 aliphatic carbocycles. The van der Waals surface area contributed by atoms with Crippen LogP contribution < -0.4 is 5.73 Å². The molecular formula is C20H23N7O. The van der Waals surface area contributed by atoms with E-state index in [-0.39, 0.29) is 11.9 Å². The van der Waals surface area contributed by atoms with Gasteiger partial charge in [0.05, 0.1) is 12.2 Å². The Morgan fingerprint density at radius 2 is 2.18 bits per heavy atom. The fourth-order valence-corrected chi connectivity index (χ4v) is 3.51. The number of benzene rings is 1. The van der Waals surface area contributed by atoms with Crippen molar-refractivity contribution >= 4 is 11.7 Å². The number of nitrogen functional groups attached to an aromatic ring is 1. The number of likely N-dealkylation sites (N-methyl/N-ethyl adjacent to an activating group) is 1. The molecule has 1 atom stereocenters. The van der Waals surface area contributed by atoms with Gasteiger partial charge < -0.3 is 10.6 Å². The predicted molar refractivity (Wildman–Crippen MR) is 106 cm³/mol. The lowest BCUT2D eigenvalue weighted by Gasteiger charge is -2.24. The van der Waals surface area contributed by atoms with E-state index in [1.807, 2.05) is 48.5 Å². The number of carbonyl (C=O) groups is 1. The summed E-state index contributed by atoms with van der Waals surface area (Å²) in [6.07, 6.45) is 6.17. The first-order valence-electron chi connectivity index (χ1n) is 9.27. The summed E-state index contributed by atoms with van der Waals surface area (Å²) in [6.45, 7) is 2.02. The van der Waals surface area contributed by atoms with Crippen LogP contribution >= 0.6 is 0 Å². The van der Waals surface area contributed by atoms with Crippen LogP contribution in [0.3, 0.4) is 0 Å². The first-order chi connectivity index (χ1) is 13.6. The fraction of sp³-hybridized carbons (Fsp3) is 0.300. The summed E-state index contributed by atoms with van der Waals surface area (Å²) in [6, 6.07) is 11.4. The maximum absolute atomic E-state index is 13.0. The Kier molecular flexibility index (Phi) is 5.03. The van der Waals surface area contributed by atoms with Crippen molar-refractivity contribution < 1.29 is 4.79 Å². The van der Waals surface area contributed by atoms with Crippen molar-refractivity contribution in [1.82, 2.24) is 29.5 Å². The third kappa shape index (κ3) is 3.86. The number of hydrogen-bond donors (Lipinski definition) is 1. The summed E-state index contributed by atoms with van der Waals surface area (Å²) in [4.78, 5) is 25.6. The van der Waals surface area contributed by atoms with Crippen molar-refractivity contribution in [3.63, 3.8) is 0 Å². The summed E-state index contributed by atoms with van der Waals surface area (Å²) >= 11 is 0. The zero-order chi connectivity index (χ0) is 19.5. The highest BCUT2D eigenvalue weighted by Gasteiger charge is 2.29. The molecule has 0 unspecified atom stereocenters. The number of nitrogens with two attached hydrogens (primary N) is 1. The SMILES string of the molecule is CN(Cc1nccc(N)n1)[C@H]1CCN(C(=O)c2cccc(-n3cccn3)c2)C1. The molecule has 1 fully saturated rings. The van der Waals surface area contributed by atoms with E-state index in [4.69, 9.17) is 5.73 Å². The Balaban J connectivity index is 1.41. The van der Waals surface area contributed by atoms with Gasteiger partial charge in [0.15, 0.2) is 0 Å². The van der Waals surface area contributed by atoms with Crippen LogP contribution in [0, 0.1) is 0 Å². The summed E-state index contributed by atoms with van der Waals surface area (Å²) in [5.74, 6) is 1.21. The van der Waals surface area contributed by atoms with Crippen molar-refractivity contribution in [2.75, 3.05) is 25.9 Å². The topological polar surface area (TPSA) is 93.2 Å². The van der Waals surface area contributed by atoms with E-state index >= 15 is 0 Å². The predicted octanol–water partition coefficient (Wildman–Crippen LogP) is 1.59. The van der Waals surface area contributed by atoms with Crippen molar-refractivity contribution in [3.05, 3.63) is 66.4 Å². The summed E-state index contributed by atoms with van der Waals surface area (Å²) in [5.41, 5.74) is 7.29. The maximum Gasteiger partial charge on any atom is 0.253 e. The molecule has 0 spiro atoms. The van der Waals surface area contributed by atoms with Crippen LogP contribution in [-0.2, 0) is 6.54 Å². The Bertz CT molecular complexity index is 957. The molecule has 3 aromatic rings. The molecule has 0 radical (unpaired) electrons. The van der Waals surface area contributed by atoms with Gasteiger partial charge in [-0.05, 0) is 43.8 Å². The van der Waals surface area contributed by atoms with Gasteiger partial charge in [0.1, 0.15) is 11.6 Å². The third-order valence-electron chi connectivity index (χ3n) is 5.05. The lowest BCUT2D eigenvalue weighted by Crippen LogP contribution is -2.36. The average Bonchev–Trinajstić information content (AvgIpc) is 3.40. The van der Waals surface area contributed by atoms with Crippen LogP contribution in [-0.4, -0.2) is 61.6 Å². The van der Waals surface area contributed by atoms with Gasteiger partial charge in [-0.1, -0.05) is 6.07 Å². The molecule has 1 aromatic carbocycles. The smallest absolute Gasteiger partial charge is 0.253 e. The van der Waals surface area contributed by atoms with Gasteiger partial charge >= 0.3 is 0 Å². The largest absolute Gasteiger partial charge is 0.384 e. The minimum Gasteiger partial charge on any atom is -0.384 e. The van der Waals surface area contributed by atoms with E-state index in [1.54, 1.807) is 23.1 Å². The molecule has 0 saturated carbocycles. The Morgan fingerprint density at radius 3 is 2.96 bits per heavy atom. The number of anilines is 1. The lowest BCUT2D eigenvalue weighted by molar-refractivity contribution is 0.0779. The molecule has 0 bridgehead atoms. The second kappa shape index (κ2) is 7.77. The van der Waals surface area contributed by atoms with Crippen LogP contribution in [0.2, 0.25) is 0 Å². The van der Waals surface area contributed by atoms with Gasteiger partial charge in [-0.25, -0.2) is 14.6 Å². The van der Waals surface area contributed by atoms with Crippen molar-refractivity contribution in [3.8, 4) is 5.69 Å². The molecule has 1 saturated heterocycles. The standard InChI is InChI=1S/C20H23N7O/c1-25(14-19-22-9-6-18(21)24-19)17-7-11-26(13-17)20(28)15-4-2-5-16(12-15)27-10-3-8-23-27/h2-6,8-10,12,17H,7,11,13-14H2,1H3,(H2,21,22,24)/t17-/m0/s1. The third-order valence-corrected chi connectivity index (χ3v) is 5.05. The number of carbonyl (C=O) groups excluding carboxylic acids is 1. The van der Waals surface area contributed by atoms with E-state index < -0.39 is 0 Å². The Hall–Kier alpha value is -3.26. The lowest BCUT2D eigenvalue weighted by atomic mass is 10.2. The highest BCUT2D eigenvalue weighted by atomic mass is 16.2. The molecule has 4 rings (SSSR count). The van der Waals surface area contributed by atoms with Gasteiger partial charge in [0.2, 0.25) is 0 Å². The van der Waals surface area contributed by atoms with Gasteiger partial charge in [-0.15, -0.1) is 0 Å². The molecule has 144 valence electrons.